The van der Waals surface area contributed by atoms with E-state index in [1.165, 1.54) is 5.69 Å². The van der Waals surface area contributed by atoms with E-state index in [0.717, 1.165) is 48.8 Å². The largest absolute Gasteiger partial charge is 0.372 e. The van der Waals surface area contributed by atoms with E-state index in [-0.39, 0.29) is 36.2 Å². The van der Waals surface area contributed by atoms with Crippen molar-refractivity contribution in [1.29, 1.82) is 0 Å². The first kappa shape index (κ1) is 51.0. The number of sulfonamides is 2. The van der Waals surface area contributed by atoms with Crippen molar-refractivity contribution < 1.29 is 35.9 Å². The highest BCUT2D eigenvalue weighted by Gasteiger charge is 2.29. The summed E-state index contributed by atoms with van der Waals surface area (Å²) in [5.74, 6) is 0.710. The standard InChI is InChI=1S/C23H39N3O4S.C20H34N4O4S/c1-16-12-20(13-17(2)22(16)26-14-18(3)30-19(4)15-26)25-21(27)10-8-9-11-24-31(28,29)23(5,6)7;1-15-13-24(14-16(2)28-15)18-10-9-17(12-21-18)23-19(25)8-6-7-11-22-29(26,27)20(3,4)5/h12-13,18-19,24H,8-11,14-15H2,1-7H3,(H,25,27);9-10,12,15-16,22H,6-8,11,13-14H2,1-5H3,(H,23,25)/t18-,19+;15-,16+. The monoisotopic (exact) mass is 879 g/mol. The van der Waals surface area contributed by atoms with Crippen LogP contribution in [0.25, 0.3) is 0 Å². The van der Waals surface area contributed by atoms with Crippen LogP contribution in [-0.2, 0) is 39.1 Å². The molecule has 1 aromatic carbocycles. The quantitative estimate of drug-likeness (QED) is 0.139. The Labute approximate surface area is 360 Å². The molecule has 0 bridgehead atoms. The predicted octanol–water partition coefficient (Wildman–Crippen LogP) is 6.27. The van der Waals surface area contributed by atoms with E-state index in [0.29, 0.717) is 57.3 Å². The first-order valence-corrected chi connectivity index (χ1v) is 24.2. The third-order valence-corrected chi connectivity index (χ3v) is 14.5. The molecule has 0 aliphatic carbocycles. The van der Waals surface area contributed by atoms with Crippen LogP contribution in [0.2, 0.25) is 0 Å². The minimum atomic E-state index is -3.34. The van der Waals surface area contributed by atoms with E-state index in [2.05, 4.69) is 62.6 Å². The van der Waals surface area contributed by atoms with Crippen molar-refractivity contribution in [2.24, 2.45) is 0 Å². The van der Waals surface area contributed by atoms with Crippen LogP contribution in [-0.4, -0.2) is 107 Å². The molecule has 2 aliphatic rings. The highest BCUT2D eigenvalue weighted by Crippen LogP contribution is 2.31. The molecule has 1 aromatic heterocycles. The lowest BCUT2D eigenvalue weighted by Gasteiger charge is -2.38. The van der Waals surface area contributed by atoms with Crippen LogP contribution in [0.15, 0.2) is 30.5 Å². The molecular formula is C43H73N7O8S2. The molecule has 15 nitrogen and oxygen atoms in total. The van der Waals surface area contributed by atoms with Gasteiger partial charge < -0.3 is 29.9 Å². The van der Waals surface area contributed by atoms with E-state index in [4.69, 9.17) is 9.47 Å². The van der Waals surface area contributed by atoms with Gasteiger partial charge in [0, 0.05) is 63.5 Å². The number of aryl methyl sites for hydroxylation is 2. The number of amides is 2. The Kier molecular flexibility index (Phi) is 18.8. The number of nitrogens with one attached hydrogen (secondary N) is 4. The Morgan fingerprint density at radius 2 is 1.05 bits per heavy atom. The van der Waals surface area contributed by atoms with Crippen LogP contribution >= 0.6 is 0 Å². The fourth-order valence-corrected chi connectivity index (χ4v) is 8.71. The molecule has 3 heterocycles. The summed E-state index contributed by atoms with van der Waals surface area (Å²) in [5.41, 5.74) is 4.93. The van der Waals surface area contributed by atoms with Gasteiger partial charge in [0.15, 0.2) is 0 Å². The van der Waals surface area contributed by atoms with Crippen LogP contribution < -0.4 is 29.9 Å². The maximum absolute atomic E-state index is 12.4. The molecular weight excluding hydrogens is 807 g/mol. The zero-order chi connectivity index (χ0) is 45.1. The predicted molar refractivity (Wildman–Crippen MR) is 243 cm³/mol. The summed E-state index contributed by atoms with van der Waals surface area (Å²) < 4.78 is 63.1. The Balaban J connectivity index is 0.000000321. The second-order valence-electron chi connectivity index (χ2n) is 18.2. The zero-order valence-electron chi connectivity index (χ0n) is 38.1. The number of anilines is 4. The Hall–Kier alpha value is -3.35. The number of hydrogen-bond donors (Lipinski definition) is 4. The summed E-state index contributed by atoms with van der Waals surface area (Å²) in [7, 11) is -6.68. The van der Waals surface area contributed by atoms with Crippen LogP contribution in [0, 0.1) is 13.8 Å². The van der Waals surface area contributed by atoms with Crippen LogP contribution in [0.4, 0.5) is 22.9 Å². The SMILES string of the molecule is C[C@@H]1CN(c2ccc(NC(=O)CCCCNS(=O)(=O)C(C)(C)C)cn2)C[C@H](C)O1.Cc1cc(NC(=O)CCCCNS(=O)(=O)C(C)(C)C)cc(C)c1N1C[C@@H](C)O[C@@H](C)C1. The van der Waals surface area contributed by atoms with Crippen molar-refractivity contribution in [1.82, 2.24) is 14.4 Å². The highest BCUT2D eigenvalue weighted by molar-refractivity contribution is 7.91. The molecule has 2 aromatic rings. The third-order valence-electron chi connectivity index (χ3n) is 10.1. The van der Waals surface area contributed by atoms with E-state index in [9.17, 15) is 26.4 Å². The fourth-order valence-electron chi connectivity index (χ4n) is 7.01. The Bertz CT molecular complexity index is 1890. The van der Waals surface area contributed by atoms with E-state index in [1.807, 2.05) is 38.1 Å². The molecule has 4 rings (SSSR count). The first-order valence-electron chi connectivity index (χ1n) is 21.2. The Morgan fingerprint density at radius 3 is 1.43 bits per heavy atom. The van der Waals surface area contributed by atoms with Crippen molar-refractivity contribution in [3.05, 3.63) is 41.6 Å². The number of unbranched alkanes of at least 4 members (excludes halogenated alkanes) is 2. The van der Waals surface area contributed by atoms with E-state index >= 15 is 0 Å². The van der Waals surface area contributed by atoms with Gasteiger partial charge in [0.1, 0.15) is 5.82 Å². The molecule has 2 fully saturated rings. The van der Waals surface area contributed by atoms with Crippen molar-refractivity contribution in [3.8, 4) is 0 Å². The molecule has 2 saturated heterocycles. The summed E-state index contributed by atoms with van der Waals surface area (Å²) in [6.07, 6.45) is 5.50. The lowest BCUT2D eigenvalue weighted by Crippen LogP contribution is -2.46. The number of carbonyl (C=O) groups is 2. The van der Waals surface area contributed by atoms with E-state index < -0.39 is 29.5 Å². The molecule has 2 amide bonds. The highest BCUT2D eigenvalue weighted by atomic mass is 32.2. The maximum atomic E-state index is 12.4. The van der Waals surface area contributed by atoms with Gasteiger partial charge in [0.25, 0.3) is 0 Å². The molecule has 0 saturated carbocycles. The van der Waals surface area contributed by atoms with Gasteiger partial charge >= 0.3 is 0 Å². The second kappa shape index (κ2) is 22.1. The molecule has 340 valence electrons. The van der Waals surface area contributed by atoms with Crippen LogP contribution in [0.3, 0.4) is 0 Å². The van der Waals surface area contributed by atoms with Crippen molar-refractivity contribution in [2.45, 2.75) is 156 Å². The van der Waals surface area contributed by atoms with Gasteiger partial charge in [0.05, 0.1) is 45.8 Å². The summed E-state index contributed by atoms with van der Waals surface area (Å²) >= 11 is 0. The molecule has 4 atom stereocenters. The third kappa shape index (κ3) is 16.2. The van der Waals surface area contributed by atoms with Crippen molar-refractivity contribution in [3.63, 3.8) is 0 Å². The minimum Gasteiger partial charge on any atom is -0.372 e. The summed E-state index contributed by atoms with van der Waals surface area (Å²) in [5, 5.41) is 5.82. The average molecular weight is 880 g/mol. The number of rotatable bonds is 16. The molecule has 0 spiro atoms. The number of aromatic nitrogens is 1. The number of morpholine rings is 2. The van der Waals surface area contributed by atoms with E-state index in [1.54, 1.807) is 47.7 Å². The van der Waals surface area contributed by atoms with Crippen LogP contribution in [0.1, 0.15) is 119 Å². The van der Waals surface area contributed by atoms with Gasteiger partial charge in [-0.05, 0) is 144 Å². The molecule has 60 heavy (non-hydrogen) atoms. The lowest BCUT2D eigenvalue weighted by atomic mass is 10.0. The van der Waals surface area contributed by atoms with Crippen molar-refractivity contribution >= 4 is 54.7 Å². The smallest absolute Gasteiger partial charge is 0.224 e. The molecule has 0 radical (unpaired) electrons. The molecule has 0 unspecified atom stereocenters. The van der Waals surface area contributed by atoms with Gasteiger partial charge in [-0.1, -0.05) is 0 Å². The van der Waals surface area contributed by atoms with Crippen LogP contribution in [0.5, 0.6) is 0 Å². The number of nitrogens with zero attached hydrogens (tertiary/aromatic N) is 3. The minimum absolute atomic E-state index is 0.0566. The van der Waals surface area contributed by atoms with Gasteiger partial charge in [-0.25, -0.2) is 31.3 Å². The summed E-state index contributed by atoms with van der Waals surface area (Å²) in [4.78, 5) is 33.5. The first-order chi connectivity index (χ1) is 27.8. The maximum Gasteiger partial charge on any atom is 0.224 e. The van der Waals surface area contributed by atoms with Gasteiger partial charge in [-0.3, -0.25) is 9.59 Å². The normalized spacial score (nSPS) is 20.3. The average Bonchev–Trinajstić information content (AvgIpc) is 3.10. The van der Waals surface area contributed by atoms with Gasteiger partial charge in [0.2, 0.25) is 31.9 Å². The Morgan fingerprint density at radius 1 is 0.650 bits per heavy atom. The number of benzene rings is 1. The van der Waals surface area contributed by atoms with Gasteiger partial charge in [-0.2, -0.15) is 0 Å². The molecule has 2 aliphatic heterocycles. The number of ether oxygens (including phenoxy) is 2. The summed E-state index contributed by atoms with van der Waals surface area (Å²) in [6, 6.07) is 7.79. The van der Waals surface area contributed by atoms with Gasteiger partial charge in [-0.15, -0.1) is 0 Å². The van der Waals surface area contributed by atoms with Crippen molar-refractivity contribution in [2.75, 3.05) is 59.7 Å². The lowest BCUT2D eigenvalue weighted by molar-refractivity contribution is -0.117. The number of pyridine rings is 1. The number of carbonyl (C=O) groups excluding carboxylic acids is 2. The molecule has 17 heteroatoms. The topological polar surface area (TPSA) is 188 Å². The molecule has 4 N–H and O–H groups in total. The summed E-state index contributed by atoms with van der Waals surface area (Å²) in [6.45, 7) is 26.4. The second-order valence-corrected chi connectivity index (χ2v) is 23.3. The number of hydrogen-bond acceptors (Lipinski definition) is 11. The fraction of sp³-hybridized carbons (Fsp3) is 0.698. The zero-order valence-corrected chi connectivity index (χ0v) is 39.7.